The Hall–Kier alpha value is -7.57. The smallest absolute Gasteiger partial charge is 0.166 e. The summed E-state index contributed by atoms with van der Waals surface area (Å²) in [6.45, 7) is 0. The molecule has 4 nitrogen and oxygen atoms in total. The van der Waals surface area contributed by atoms with Gasteiger partial charge in [0.1, 0.15) is 11.6 Å². The lowest BCUT2D eigenvalue weighted by atomic mass is 10.00. The molecular weight excluding hydrogens is 707 g/mol. The van der Waals surface area contributed by atoms with Crippen LogP contribution in [-0.2, 0) is 0 Å². The van der Waals surface area contributed by atoms with E-state index in [1.165, 1.54) is 12.1 Å². The molecule has 270 valence electrons. The number of nitrogens with zero attached hydrogens (tertiary/aromatic N) is 4. The Morgan fingerprint density at radius 1 is 0.333 bits per heavy atom. The van der Waals surface area contributed by atoms with Crippen LogP contribution < -0.4 is 0 Å². The van der Waals surface area contributed by atoms with Crippen molar-refractivity contribution in [3.8, 4) is 73.2 Å². The molecule has 0 saturated heterocycles. The first-order chi connectivity index (χ1) is 28.1. The van der Waals surface area contributed by atoms with Crippen molar-refractivity contribution in [3.05, 3.63) is 206 Å². The quantitative estimate of drug-likeness (QED) is 0.164. The summed E-state index contributed by atoms with van der Waals surface area (Å²) in [5.41, 5.74) is 10.4. The van der Waals surface area contributed by atoms with E-state index in [1.807, 2.05) is 91.0 Å². The third-order valence-corrected chi connectivity index (χ3v) is 10.4. The number of aromatic nitrogens is 4. The number of hydrogen-bond acceptors (Lipinski definition) is 3. The third kappa shape index (κ3) is 6.33. The molecule has 10 rings (SSSR count). The van der Waals surface area contributed by atoms with Crippen LogP contribution in [0, 0.1) is 11.6 Å². The molecule has 10 aromatic rings. The van der Waals surface area contributed by atoms with Crippen LogP contribution in [0.1, 0.15) is 0 Å². The van der Waals surface area contributed by atoms with Crippen LogP contribution >= 0.6 is 0 Å². The molecule has 0 aliphatic carbocycles. The van der Waals surface area contributed by atoms with Crippen molar-refractivity contribution < 1.29 is 8.78 Å². The molecular formula is C51H32F2N4. The zero-order chi connectivity index (χ0) is 38.3. The van der Waals surface area contributed by atoms with Gasteiger partial charge >= 0.3 is 0 Å². The van der Waals surface area contributed by atoms with Crippen LogP contribution in [0.5, 0.6) is 0 Å². The number of halogens is 2. The zero-order valence-electron chi connectivity index (χ0n) is 30.5. The van der Waals surface area contributed by atoms with Crippen LogP contribution in [0.25, 0.3) is 95.0 Å². The molecule has 8 aromatic carbocycles. The minimum absolute atomic E-state index is 0.270. The Morgan fingerprint density at radius 3 is 1.28 bits per heavy atom. The van der Waals surface area contributed by atoms with Crippen molar-refractivity contribution >= 4 is 21.8 Å². The number of hydrogen-bond donors (Lipinski definition) is 0. The Bertz CT molecular complexity index is 2920. The van der Waals surface area contributed by atoms with Crippen molar-refractivity contribution in [1.29, 1.82) is 0 Å². The molecule has 0 spiro atoms. The van der Waals surface area contributed by atoms with E-state index in [9.17, 15) is 4.39 Å². The zero-order valence-corrected chi connectivity index (χ0v) is 30.5. The highest BCUT2D eigenvalue weighted by atomic mass is 19.1. The van der Waals surface area contributed by atoms with E-state index in [0.29, 0.717) is 28.6 Å². The van der Waals surface area contributed by atoms with E-state index >= 15 is 4.39 Å². The molecule has 0 atom stereocenters. The summed E-state index contributed by atoms with van der Waals surface area (Å²) in [6, 6.07) is 62.9. The second-order valence-corrected chi connectivity index (χ2v) is 13.9. The fourth-order valence-corrected chi connectivity index (χ4v) is 7.63. The van der Waals surface area contributed by atoms with E-state index in [1.54, 1.807) is 0 Å². The van der Waals surface area contributed by atoms with Gasteiger partial charge in [-0.2, -0.15) is 0 Å². The van der Waals surface area contributed by atoms with Crippen LogP contribution in [-0.4, -0.2) is 19.5 Å². The fourth-order valence-electron chi connectivity index (χ4n) is 7.63. The lowest BCUT2D eigenvalue weighted by molar-refractivity contribution is 0.585. The topological polar surface area (TPSA) is 43.6 Å². The third-order valence-electron chi connectivity index (χ3n) is 10.4. The van der Waals surface area contributed by atoms with Crippen molar-refractivity contribution in [2.24, 2.45) is 0 Å². The normalized spacial score (nSPS) is 11.3. The highest BCUT2D eigenvalue weighted by Crippen LogP contribution is 2.41. The summed E-state index contributed by atoms with van der Waals surface area (Å²) in [5.74, 6) is 0.134. The molecule has 0 N–H and O–H groups in total. The van der Waals surface area contributed by atoms with Gasteiger partial charge in [0.05, 0.1) is 16.7 Å². The number of fused-ring (bicyclic) bond motifs is 3. The first-order valence-corrected chi connectivity index (χ1v) is 18.7. The summed E-state index contributed by atoms with van der Waals surface area (Å²) in [7, 11) is 0. The lowest BCUT2D eigenvalue weighted by Crippen LogP contribution is -2.04. The predicted octanol–water partition coefficient (Wildman–Crippen LogP) is 13.2. The minimum Gasteiger partial charge on any atom is -0.308 e. The highest BCUT2D eigenvalue weighted by Gasteiger charge is 2.22. The van der Waals surface area contributed by atoms with Crippen molar-refractivity contribution in [3.63, 3.8) is 0 Å². The highest BCUT2D eigenvalue weighted by molar-refractivity contribution is 6.12. The van der Waals surface area contributed by atoms with Gasteiger partial charge in [0.15, 0.2) is 17.5 Å². The van der Waals surface area contributed by atoms with E-state index in [4.69, 9.17) is 15.0 Å². The Labute approximate surface area is 328 Å². The minimum atomic E-state index is -0.655. The summed E-state index contributed by atoms with van der Waals surface area (Å²) >= 11 is 0. The Morgan fingerprint density at radius 2 is 0.789 bits per heavy atom. The molecule has 2 aromatic heterocycles. The van der Waals surface area contributed by atoms with Crippen molar-refractivity contribution in [2.75, 3.05) is 0 Å². The first-order valence-electron chi connectivity index (χ1n) is 18.7. The van der Waals surface area contributed by atoms with Gasteiger partial charge in [-0.1, -0.05) is 140 Å². The van der Waals surface area contributed by atoms with Gasteiger partial charge in [0.25, 0.3) is 0 Å². The Balaban J connectivity index is 1.28. The van der Waals surface area contributed by atoms with Crippen LogP contribution in [0.4, 0.5) is 8.78 Å². The van der Waals surface area contributed by atoms with Gasteiger partial charge in [-0.3, -0.25) is 0 Å². The summed E-state index contributed by atoms with van der Waals surface area (Å²) in [6.07, 6.45) is 0. The predicted molar refractivity (Wildman–Crippen MR) is 227 cm³/mol. The SMILES string of the molecule is Fc1ccc(-c2ccc(-n3c4ccc(-c5ccccc5)cc4c4cc(-c5ccccc5)ccc43)c(-c3nc(-c4ccccc4)nc(-c4ccccc4)n3)c2)c(F)c1. The van der Waals surface area contributed by atoms with Gasteiger partial charge in [-0.15, -0.1) is 0 Å². The Kier molecular flexibility index (Phi) is 8.49. The molecule has 2 heterocycles. The molecule has 0 bridgehead atoms. The fraction of sp³-hybridized carbons (Fsp3) is 0. The van der Waals surface area contributed by atoms with Crippen LogP contribution in [0.3, 0.4) is 0 Å². The molecule has 0 unspecified atom stereocenters. The number of benzene rings is 8. The standard InChI is InChI=1S/C51H32F2N4/c52-40-24-25-41(45(53)32-40)39-23-28-48(44(31-39)51-55-49(35-17-9-3-10-18-35)54-50(56-51)36-19-11-4-12-20-36)57-46-26-21-37(33-13-5-1-6-14-33)29-42(46)43-30-38(22-27-47(43)57)34-15-7-2-8-16-34/h1-32H. The maximum atomic E-state index is 15.5. The molecule has 0 amide bonds. The first kappa shape index (κ1) is 34.0. The lowest BCUT2D eigenvalue weighted by Gasteiger charge is -2.17. The summed E-state index contributed by atoms with van der Waals surface area (Å²) in [4.78, 5) is 15.2. The largest absolute Gasteiger partial charge is 0.308 e. The van der Waals surface area contributed by atoms with Gasteiger partial charge in [-0.05, 0) is 76.3 Å². The molecule has 57 heavy (non-hydrogen) atoms. The molecule has 6 heteroatoms. The monoisotopic (exact) mass is 738 g/mol. The molecule has 0 fully saturated rings. The van der Waals surface area contributed by atoms with Crippen LogP contribution in [0.2, 0.25) is 0 Å². The molecule has 0 aliphatic heterocycles. The van der Waals surface area contributed by atoms with Crippen LogP contribution in [0.15, 0.2) is 194 Å². The van der Waals surface area contributed by atoms with E-state index in [0.717, 1.165) is 66.9 Å². The molecule has 0 saturated carbocycles. The maximum absolute atomic E-state index is 15.5. The van der Waals surface area contributed by atoms with Gasteiger partial charge in [0, 0.05) is 39.1 Å². The number of rotatable bonds is 7. The summed E-state index contributed by atoms with van der Waals surface area (Å²) < 4.78 is 31.9. The molecule has 0 aliphatic rings. The van der Waals surface area contributed by atoms with Crippen molar-refractivity contribution in [1.82, 2.24) is 19.5 Å². The maximum Gasteiger partial charge on any atom is 0.166 e. The van der Waals surface area contributed by atoms with Gasteiger partial charge in [-0.25, -0.2) is 23.7 Å². The van der Waals surface area contributed by atoms with Gasteiger partial charge in [0.2, 0.25) is 0 Å². The average Bonchev–Trinajstić information content (AvgIpc) is 3.60. The second kappa shape index (κ2) is 14.3. The average molecular weight is 739 g/mol. The van der Waals surface area contributed by atoms with E-state index in [-0.39, 0.29) is 5.56 Å². The van der Waals surface area contributed by atoms with E-state index in [2.05, 4.69) is 89.5 Å². The van der Waals surface area contributed by atoms with Crippen molar-refractivity contribution in [2.45, 2.75) is 0 Å². The summed E-state index contributed by atoms with van der Waals surface area (Å²) in [5, 5.41) is 2.16. The second-order valence-electron chi connectivity index (χ2n) is 13.9. The van der Waals surface area contributed by atoms with E-state index < -0.39 is 11.6 Å². The van der Waals surface area contributed by atoms with Gasteiger partial charge < -0.3 is 4.57 Å². The molecule has 0 radical (unpaired) electrons.